The third-order valence-corrected chi connectivity index (χ3v) is 2.06. The highest BCUT2D eigenvalue weighted by atomic mass is 19.1. The van der Waals surface area contributed by atoms with Crippen LogP contribution in [0.15, 0.2) is 17.2 Å². The third kappa shape index (κ3) is 4.53. The van der Waals surface area contributed by atoms with Gasteiger partial charge in [0.25, 0.3) is 0 Å². The number of amides is 1. The van der Waals surface area contributed by atoms with Crippen molar-refractivity contribution in [3.63, 3.8) is 0 Å². The van der Waals surface area contributed by atoms with E-state index in [1.54, 1.807) is 13.0 Å². The first kappa shape index (κ1) is 16.1. The number of rotatable bonds is 2. The lowest BCUT2D eigenvalue weighted by atomic mass is 10.1. The molecule has 1 aromatic rings. The largest absolute Gasteiger partial charge is 0.504 e. The van der Waals surface area contributed by atoms with Gasteiger partial charge in [-0.1, -0.05) is 13.8 Å². The second-order valence-corrected chi connectivity index (χ2v) is 3.47. The van der Waals surface area contributed by atoms with E-state index in [4.69, 9.17) is 0 Å². The molecule has 0 saturated heterocycles. The summed E-state index contributed by atoms with van der Waals surface area (Å²) in [6.07, 6.45) is 1.24. The highest BCUT2D eigenvalue weighted by Crippen LogP contribution is 2.21. The molecule has 0 heterocycles. The maximum atomic E-state index is 13.1. The van der Waals surface area contributed by atoms with Crippen LogP contribution in [-0.2, 0) is 4.79 Å². The first-order chi connectivity index (χ1) is 8.41. The van der Waals surface area contributed by atoms with E-state index >= 15 is 0 Å². The molecule has 1 rings (SSSR count). The van der Waals surface area contributed by atoms with Gasteiger partial charge in [-0.05, 0) is 24.6 Å². The van der Waals surface area contributed by atoms with Crippen LogP contribution in [0.4, 0.5) is 4.39 Å². The summed E-state index contributed by atoms with van der Waals surface area (Å²) in [6.45, 7) is 7.06. The second-order valence-electron chi connectivity index (χ2n) is 3.47. The van der Waals surface area contributed by atoms with Crippen molar-refractivity contribution < 1.29 is 14.3 Å². The molecule has 0 spiro atoms. The van der Waals surface area contributed by atoms with Gasteiger partial charge in [-0.3, -0.25) is 4.79 Å². The Morgan fingerprint density at radius 1 is 1.44 bits per heavy atom. The number of hydrazone groups is 1. The summed E-state index contributed by atoms with van der Waals surface area (Å²) in [5.41, 5.74) is 0.910. The van der Waals surface area contributed by atoms with Crippen molar-refractivity contribution >= 4 is 12.1 Å². The van der Waals surface area contributed by atoms with Crippen LogP contribution in [0.25, 0.3) is 0 Å². The Bertz CT molecular complexity index is 445. The molecule has 0 aromatic heterocycles. The smallest absolute Gasteiger partial charge is 0.239 e. The SMILES string of the molecule is CC.CC(=O)N(C)/N=C/c1cc(C)cc(F)c1O. The molecule has 0 saturated carbocycles. The van der Waals surface area contributed by atoms with Gasteiger partial charge >= 0.3 is 0 Å². The fraction of sp³-hybridized carbons (Fsp3) is 0.385. The number of carbonyl (C=O) groups is 1. The lowest BCUT2D eigenvalue weighted by molar-refractivity contribution is -0.127. The highest BCUT2D eigenvalue weighted by molar-refractivity contribution is 5.85. The molecule has 1 N–H and O–H groups in total. The van der Waals surface area contributed by atoms with Crippen molar-refractivity contribution in [1.29, 1.82) is 0 Å². The van der Waals surface area contributed by atoms with Crippen LogP contribution in [0.1, 0.15) is 31.9 Å². The lowest BCUT2D eigenvalue weighted by Crippen LogP contribution is -2.17. The number of aryl methyl sites for hydroxylation is 1. The van der Waals surface area contributed by atoms with Crippen LogP contribution in [0, 0.1) is 12.7 Å². The topological polar surface area (TPSA) is 52.9 Å². The van der Waals surface area contributed by atoms with Gasteiger partial charge in [0.1, 0.15) is 0 Å². The molecule has 0 unspecified atom stereocenters. The van der Waals surface area contributed by atoms with Crippen LogP contribution in [0.2, 0.25) is 0 Å². The number of nitrogens with zero attached hydrogens (tertiary/aromatic N) is 2. The fourth-order valence-corrected chi connectivity index (χ4v) is 1.09. The minimum Gasteiger partial charge on any atom is -0.504 e. The van der Waals surface area contributed by atoms with E-state index in [1.807, 2.05) is 13.8 Å². The molecule has 1 aromatic carbocycles. The zero-order valence-corrected chi connectivity index (χ0v) is 11.4. The molecule has 0 aliphatic heterocycles. The van der Waals surface area contributed by atoms with Crippen LogP contribution in [0.5, 0.6) is 5.75 Å². The normalized spacial score (nSPS) is 9.89. The molecule has 18 heavy (non-hydrogen) atoms. The first-order valence-electron chi connectivity index (χ1n) is 5.69. The van der Waals surface area contributed by atoms with Crippen molar-refractivity contribution in [2.24, 2.45) is 5.10 Å². The van der Waals surface area contributed by atoms with Crippen molar-refractivity contribution in [3.05, 3.63) is 29.1 Å². The van der Waals surface area contributed by atoms with Gasteiger partial charge in [-0.25, -0.2) is 9.40 Å². The van der Waals surface area contributed by atoms with Crippen LogP contribution in [0.3, 0.4) is 0 Å². The van der Waals surface area contributed by atoms with E-state index in [0.717, 1.165) is 5.01 Å². The molecule has 0 fully saturated rings. The fourth-order valence-electron chi connectivity index (χ4n) is 1.09. The number of halogens is 1. The van der Waals surface area contributed by atoms with E-state index in [-0.39, 0.29) is 11.5 Å². The molecule has 1 amide bonds. The summed E-state index contributed by atoms with van der Waals surface area (Å²) in [4.78, 5) is 10.9. The molecule has 0 aliphatic rings. The van der Waals surface area contributed by atoms with Crippen molar-refractivity contribution in [2.45, 2.75) is 27.7 Å². The zero-order chi connectivity index (χ0) is 14.3. The standard InChI is InChI=1S/C11H13FN2O2.C2H6/c1-7-4-9(11(16)10(12)5-7)6-13-14(3)8(2)15;1-2/h4-6,16H,1-3H3;1-2H3/b13-6+;. The Labute approximate surface area is 107 Å². The predicted molar refractivity (Wildman–Crippen MR) is 70.2 cm³/mol. The summed E-state index contributed by atoms with van der Waals surface area (Å²) in [7, 11) is 1.47. The summed E-state index contributed by atoms with van der Waals surface area (Å²) >= 11 is 0. The van der Waals surface area contributed by atoms with E-state index in [1.165, 1.54) is 26.3 Å². The first-order valence-corrected chi connectivity index (χ1v) is 5.69. The van der Waals surface area contributed by atoms with Gasteiger partial charge in [-0.2, -0.15) is 5.10 Å². The Balaban J connectivity index is 0.00000137. The number of phenols is 1. The van der Waals surface area contributed by atoms with Gasteiger partial charge in [-0.15, -0.1) is 0 Å². The van der Waals surface area contributed by atoms with Crippen molar-refractivity contribution in [1.82, 2.24) is 5.01 Å². The zero-order valence-electron chi connectivity index (χ0n) is 11.4. The molecule has 0 atom stereocenters. The van der Waals surface area contributed by atoms with Crippen molar-refractivity contribution in [2.75, 3.05) is 7.05 Å². The van der Waals surface area contributed by atoms with Crippen LogP contribution in [-0.4, -0.2) is 29.3 Å². The second kappa shape index (κ2) is 7.42. The van der Waals surface area contributed by atoms with Gasteiger partial charge in [0.05, 0.1) is 6.21 Å². The molecular formula is C13H19FN2O2. The lowest BCUT2D eigenvalue weighted by Gasteiger charge is -2.07. The third-order valence-electron chi connectivity index (χ3n) is 2.06. The van der Waals surface area contributed by atoms with E-state index in [0.29, 0.717) is 5.56 Å². The minimum absolute atomic E-state index is 0.241. The average Bonchev–Trinajstić information content (AvgIpc) is 2.33. The highest BCUT2D eigenvalue weighted by Gasteiger charge is 2.07. The Morgan fingerprint density at radius 3 is 2.50 bits per heavy atom. The monoisotopic (exact) mass is 254 g/mol. The molecule has 0 bridgehead atoms. The van der Waals surface area contributed by atoms with E-state index in [9.17, 15) is 14.3 Å². The number of benzene rings is 1. The van der Waals surface area contributed by atoms with Gasteiger partial charge < -0.3 is 5.11 Å². The molecular weight excluding hydrogens is 235 g/mol. The number of hydrogen-bond donors (Lipinski definition) is 1. The van der Waals surface area contributed by atoms with Gasteiger partial charge in [0.15, 0.2) is 11.6 Å². The maximum absolute atomic E-state index is 13.1. The Hall–Kier alpha value is -1.91. The van der Waals surface area contributed by atoms with E-state index in [2.05, 4.69) is 5.10 Å². The number of hydrogen-bond acceptors (Lipinski definition) is 3. The number of phenolic OH excluding ortho intramolecular Hbond substituents is 1. The van der Waals surface area contributed by atoms with Crippen molar-refractivity contribution in [3.8, 4) is 5.75 Å². The van der Waals surface area contributed by atoms with Crippen LogP contribution < -0.4 is 0 Å². The maximum Gasteiger partial charge on any atom is 0.239 e. The summed E-state index contributed by atoms with van der Waals surface area (Å²) in [5.74, 6) is -1.41. The summed E-state index contributed by atoms with van der Waals surface area (Å²) in [5, 5.41) is 14.3. The number of carbonyl (C=O) groups excluding carboxylic acids is 1. The number of aromatic hydroxyl groups is 1. The molecule has 5 heteroatoms. The Kier molecular flexibility index (Phi) is 6.63. The van der Waals surface area contributed by atoms with Crippen LogP contribution >= 0.6 is 0 Å². The molecule has 4 nitrogen and oxygen atoms in total. The van der Waals surface area contributed by atoms with Gasteiger partial charge in [0.2, 0.25) is 5.91 Å². The van der Waals surface area contributed by atoms with Gasteiger partial charge in [0, 0.05) is 19.5 Å². The predicted octanol–water partition coefficient (Wildman–Crippen LogP) is 2.68. The molecule has 0 radical (unpaired) electrons. The molecule has 100 valence electrons. The summed E-state index contributed by atoms with van der Waals surface area (Å²) in [6, 6.07) is 2.80. The van der Waals surface area contributed by atoms with E-state index < -0.39 is 11.6 Å². The average molecular weight is 254 g/mol. The quantitative estimate of drug-likeness (QED) is 0.651. The molecule has 0 aliphatic carbocycles. The Morgan fingerprint density at radius 2 is 2.00 bits per heavy atom. The minimum atomic E-state index is -0.702. The summed E-state index contributed by atoms with van der Waals surface area (Å²) < 4.78 is 13.1.